The second-order valence-corrected chi connectivity index (χ2v) is 9.72. The van der Waals surface area contributed by atoms with Crippen molar-refractivity contribution >= 4 is 34.0 Å². The number of benzene rings is 3. The first-order chi connectivity index (χ1) is 19.4. The zero-order chi connectivity index (χ0) is 28.2. The Hall–Kier alpha value is -4.54. The minimum Gasteiger partial charge on any atom is -0.495 e. The summed E-state index contributed by atoms with van der Waals surface area (Å²) < 4.78 is 26.7. The molecule has 10 heteroatoms. The number of methoxy groups -OCH3 is 4. The van der Waals surface area contributed by atoms with E-state index in [1.807, 2.05) is 66.0 Å². The summed E-state index contributed by atoms with van der Waals surface area (Å²) in [6, 6.07) is 18.5. The van der Waals surface area contributed by atoms with E-state index >= 15 is 0 Å². The number of aromatic amines is 1. The molecule has 3 aromatic carbocycles. The number of nitrogens with two attached hydrogens (primary N) is 1. The Morgan fingerprint density at radius 2 is 1.65 bits per heavy atom. The third kappa shape index (κ3) is 5.31. The molecule has 4 N–H and O–H groups in total. The second kappa shape index (κ2) is 11.7. The Kier molecular flexibility index (Phi) is 7.90. The van der Waals surface area contributed by atoms with Crippen LogP contribution in [0, 0.1) is 0 Å². The van der Waals surface area contributed by atoms with E-state index in [-0.39, 0.29) is 5.91 Å². The Balaban J connectivity index is 1.42. The van der Waals surface area contributed by atoms with Crippen molar-refractivity contribution in [2.75, 3.05) is 33.8 Å². The number of carbonyl (C=O) groups is 1. The summed E-state index contributed by atoms with van der Waals surface area (Å²) in [5, 5.41) is 5.98. The van der Waals surface area contributed by atoms with Gasteiger partial charge in [-0.25, -0.2) is 0 Å². The van der Waals surface area contributed by atoms with Crippen molar-refractivity contribution in [1.29, 1.82) is 0 Å². The third-order valence-electron chi connectivity index (χ3n) is 6.64. The summed E-state index contributed by atoms with van der Waals surface area (Å²) in [4.78, 5) is 16.5. The van der Waals surface area contributed by atoms with E-state index in [4.69, 9.17) is 24.7 Å². The molecule has 0 saturated heterocycles. The minimum absolute atomic E-state index is 0.317. The van der Waals surface area contributed by atoms with Crippen LogP contribution in [0.2, 0.25) is 0 Å². The fourth-order valence-electron chi connectivity index (χ4n) is 4.64. The van der Waals surface area contributed by atoms with Gasteiger partial charge in [0.05, 0.1) is 45.9 Å². The standard InChI is InChI=1S/C30H30N4O5S/c1-36-25-10-9-17(21-16-40-34-28(21)19-13-26(37-2)29(39-4)27(14-19)38-3)12-24(25)33-30(35)22(31)15-20-11-18-7-5-6-8-23(18)32-20/h5-14,16,22,32H,15,31H2,1-4H3,(H,33,35)/t22-/m1/s1. The van der Waals surface area contributed by atoms with E-state index < -0.39 is 6.04 Å². The fourth-order valence-corrected chi connectivity index (χ4v) is 5.35. The molecule has 0 aliphatic rings. The van der Waals surface area contributed by atoms with Crippen molar-refractivity contribution in [3.63, 3.8) is 0 Å². The summed E-state index contributed by atoms with van der Waals surface area (Å²) in [7, 11) is 6.27. The van der Waals surface area contributed by atoms with Gasteiger partial charge in [-0.15, -0.1) is 0 Å². The molecule has 2 aromatic heterocycles. The highest BCUT2D eigenvalue weighted by atomic mass is 32.1. The summed E-state index contributed by atoms with van der Waals surface area (Å²) >= 11 is 1.33. The number of para-hydroxylation sites is 1. The Labute approximate surface area is 236 Å². The lowest BCUT2D eigenvalue weighted by atomic mass is 10.0. The van der Waals surface area contributed by atoms with Crippen LogP contribution in [-0.4, -0.2) is 49.7 Å². The molecule has 0 spiro atoms. The minimum atomic E-state index is -0.765. The maximum absolute atomic E-state index is 13.1. The van der Waals surface area contributed by atoms with Crippen LogP contribution in [0.5, 0.6) is 23.0 Å². The van der Waals surface area contributed by atoms with Gasteiger partial charge < -0.3 is 35.0 Å². The van der Waals surface area contributed by atoms with Gasteiger partial charge >= 0.3 is 0 Å². The molecule has 2 heterocycles. The molecule has 0 radical (unpaired) electrons. The van der Waals surface area contributed by atoms with Crippen molar-refractivity contribution in [3.8, 4) is 45.4 Å². The lowest BCUT2D eigenvalue weighted by molar-refractivity contribution is -0.117. The molecule has 0 aliphatic carbocycles. The van der Waals surface area contributed by atoms with Crippen molar-refractivity contribution < 1.29 is 23.7 Å². The molecule has 0 fully saturated rings. The lowest BCUT2D eigenvalue weighted by Gasteiger charge is -2.16. The van der Waals surface area contributed by atoms with E-state index in [2.05, 4.69) is 14.7 Å². The molecule has 0 unspecified atom stereocenters. The first-order valence-corrected chi connectivity index (χ1v) is 13.4. The van der Waals surface area contributed by atoms with Crippen LogP contribution in [0.3, 0.4) is 0 Å². The molecule has 1 atom stereocenters. The molecule has 0 aliphatic heterocycles. The van der Waals surface area contributed by atoms with E-state index in [1.54, 1.807) is 28.4 Å². The van der Waals surface area contributed by atoms with Crippen LogP contribution >= 0.6 is 11.5 Å². The quantitative estimate of drug-likeness (QED) is 0.207. The molecular formula is C30H30N4O5S. The average Bonchev–Trinajstić information content (AvgIpc) is 3.63. The van der Waals surface area contributed by atoms with Crippen molar-refractivity contribution in [1.82, 2.24) is 9.36 Å². The van der Waals surface area contributed by atoms with Crippen LogP contribution in [0.4, 0.5) is 5.69 Å². The van der Waals surface area contributed by atoms with Gasteiger partial charge in [0, 0.05) is 34.1 Å². The summed E-state index contributed by atoms with van der Waals surface area (Å²) in [5.74, 6) is 1.77. The van der Waals surface area contributed by atoms with E-state index in [0.29, 0.717) is 35.1 Å². The molecule has 206 valence electrons. The number of anilines is 1. The van der Waals surface area contributed by atoms with Crippen molar-refractivity contribution in [2.45, 2.75) is 12.5 Å². The van der Waals surface area contributed by atoms with Crippen molar-refractivity contribution in [2.24, 2.45) is 5.73 Å². The number of ether oxygens (including phenoxy) is 4. The topological polar surface area (TPSA) is 121 Å². The highest BCUT2D eigenvalue weighted by molar-refractivity contribution is 7.04. The number of carbonyl (C=O) groups excluding carboxylic acids is 1. The Morgan fingerprint density at radius 1 is 0.925 bits per heavy atom. The van der Waals surface area contributed by atoms with Gasteiger partial charge in [0.1, 0.15) is 5.75 Å². The van der Waals surface area contributed by atoms with Gasteiger partial charge in [-0.05, 0) is 58.9 Å². The van der Waals surface area contributed by atoms with Gasteiger partial charge in [0.15, 0.2) is 11.5 Å². The number of H-pyrrole nitrogens is 1. The lowest BCUT2D eigenvalue weighted by Crippen LogP contribution is -2.37. The number of amides is 1. The zero-order valence-electron chi connectivity index (χ0n) is 22.6. The monoisotopic (exact) mass is 558 g/mol. The molecule has 0 saturated carbocycles. The molecule has 40 heavy (non-hydrogen) atoms. The number of fused-ring (bicyclic) bond motifs is 1. The van der Waals surface area contributed by atoms with Crippen LogP contribution in [0.1, 0.15) is 5.69 Å². The van der Waals surface area contributed by atoms with E-state index in [0.717, 1.165) is 39.0 Å². The SMILES string of the molecule is COc1ccc(-c2csnc2-c2cc(OC)c(OC)c(OC)c2)cc1NC(=O)[C@H](N)Cc1cc2ccccc2[nH]1. The van der Waals surface area contributed by atoms with Gasteiger partial charge in [-0.2, -0.15) is 4.37 Å². The zero-order valence-corrected chi connectivity index (χ0v) is 23.4. The molecule has 1 amide bonds. The van der Waals surface area contributed by atoms with Crippen LogP contribution < -0.4 is 30.0 Å². The maximum atomic E-state index is 13.1. The normalized spacial score (nSPS) is 11.7. The predicted octanol–water partition coefficient (Wildman–Crippen LogP) is 5.50. The van der Waals surface area contributed by atoms with Gasteiger partial charge in [0.2, 0.25) is 11.7 Å². The summed E-state index contributed by atoms with van der Waals surface area (Å²) in [5.41, 5.74) is 12.0. The van der Waals surface area contributed by atoms with E-state index in [9.17, 15) is 4.79 Å². The van der Waals surface area contributed by atoms with Crippen LogP contribution in [-0.2, 0) is 11.2 Å². The number of rotatable bonds is 10. The fraction of sp³-hybridized carbons (Fsp3) is 0.200. The molecule has 0 bridgehead atoms. The van der Waals surface area contributed by atoms with Crippen LogP contribution in [0.15, 0.2) is 66.0 Å². The molecule has 9 nitrogen and oxygen atoms in total. The number of hydrogen-bond acceptors (Lipinski definition) is 8. The predicted molar refractivity (Wildman–Crippen MR) is 158 cm³/mol. The molecule has 5 aromatic rings. The highest BCUT2D eigenvalue weighted by Gasteiger charge is 2.21. The first kappa shape index (κ1) is 27.0. The first-order valence-electron chi connectivity index (χ1n) is 12.5. The van der Waals surface area contributed by atoms with Crippen molar-refractivity contribution in [3.05, 3.63) is 71.7 Å². The molecular weight excluding hydrogens is 528 g/mol. The third-order valence-corrected chi connectivity index (χ3v) is 7.27. The van der Waals surface area contributed by atoms with Gasteiger partial charge in [-0.1, -0.05) is 24.3 Å². The van der Waals surface area contributed by atoms with E-state index in [1.165, 1.54) is 11.5 Å². The smallest absolute Gasteiger partial charge is 0.241 e. The summed E-state index contributed by atoms with van der Waals surface area (Å²) in [6.45, 7) is 0. The average molecular weight is 559 g/mol. The second-order valence-electron chi connectivity index (χ2n) is 9.09. The van der Waals surface area contributed by atoms with Gasteiger partial charge in [0.25, 0.3) is 0 Å². The highest BCUT2D eigenvalue weighted by Crippen LogP contribution is 2.44. The number of aromatic nitrogens is 2. The van der Waals surface area contributed by atoms with Gasteiger partial charge in [-0.3, -0.25) is 4.79 Å². The number of hydrogen-bond donors (Lipinski definition) is 3. The number of nitrogens with one attached hydrogen (secondary N) is 2. The Bertz CT molecular complexity index is 1600. The number of nitrogens with zero attached hydrogens (tertiary/aromatic N) is 1. The summed E-state index contributed by atoms with van der Waals surface area (Å²) in [6.07, 6.45) is 0.363. The van der Waals surface area contributed by atoms with Crippen LogP contribution in [0.25, 0.3) is 33.3 Å². The largest absolute Gasteiger partial charge is 0.495 e. The molecule has 5 rings (SSSR count). The maximum Gasteiger partial charge on any atom is 0.241 e. The Morgan fingerprint density at radius 3 is 2.33 bits per heavy atom.